The van der Waals surface area contributed by atoms with Gasteiger partial charge in [-0.05, 0) is 26.0 Å². The van der Waals surface area contributed by atoms with Gasteiger partial charge in [-0.2, -0.15) is 18.2 Å². The van der Waals surface area contributed by atoms with Crippen LogP contribution in [-0.2, 0) is 10.1 Å². The topological polar surface area (TPSA) is 81.4 Å². The van der Waals surface area contributed by atoms with E-state index in [0.29, 0.717) is 5.69 Å². The first-order valence-electron chi connectivity index (χ1n) is 5.70. The minimum absolute atomic E-state index is 0.0219. The number of nitrogens with zero attached hydrogens (tertiary/aromatic N) is 2. The van der Waals surface area contributed by atoms with Gasteiger partial charge in [0.2, 0.25) is 5.88 Å². The molecule has 0 fully saturated rings. The maximum absolute atomic E-state index is 11.4. The van der Waals surface area contributed by atoms with Crippen LogP contribution in [0.15, 0.2) is 35.2 Å². The number of ether oxygens (including phenoxy) is 1. The molecule has 1 heterocycles. The maximum Gasteiger partial charge on any atom is 0.301 e. The van der Waals surface area contributed by atoms with Crippen molar-refractivity contribution in [3.63, 3.8) is 0 Å². The van der Waals surface area contributed by atoms with Gasteiger partial charge < -0.3 is 4.74 Å². The lowest BCUT2D eigenvalue weighted by Gasteiger charge is -2.08. The Labute approximate surface area is 111 Å². The lowest BCUT2D eigenvalue weighted by atomic mass is 10.3. The third-order valence-corrected chi connectivity index (χ3v) is 3.49. The Morgan fingerprint density at radius 1 is 1.32 bits per heavy atom. The van der Waals surface area contributed by atoms with Crippen molar-refractivity contribution in [2.45, 2.75) is 18.7 Å². The normalized spacial score (nSPS) is 11.5. The molecular formula is C12H14N2O4S. The van der Waals surface area contributed by atoms with E-state index >= 15 is 0 Å². The lowest BCUT2D eigenvalue weighted by Crippen LogP contribution is -2.06. The van der Waals surface area contributed by atoms with Crippen molar-refractivity contribution < 1.29 is 17.7 Å². The van der Waals surface area contributed by atoms with Gasteiger partial charge in [-0.15, -0.1) is 0 Å². The molecule has 1 N–H and O–H groups in total. The van der Waals surface area contributed by atoms with E-state index in [0.717, 1.165) is 0 Å². The van der Waals surface area contributed by atoms with Crippen molar-refractivity contribution in [1.82, 2.24) is 9.78 Å². The summed E-state index contributed by atoms with van der Waals surface area (Å²) in [5, 5.41) is 4.12. The fraction of sp³-hybridized carbons (Fsp3) is 0.250. The lowest BCUT2D eigenvalue weighted by molar-refractivity contribution is 0.307. The van der Waals surface area contributed by atoms with Crippen molar-refractivity contribution in [3.8, 4) is 11.6 Å². The number of benzene rings is 1. The molecule has 0 saturated carbocycles. The Hall–Kier alpha value is -1.86. The molecule has 2 aromatic rings. The first kappa shape index (κ1) is 13.6. The van der Waals surface area contributed by atoms with Crippen LogP contribution in [0.2, 0.25) is 0 Å². The van der Waals surface area contributed by atoms with Crippen molar-refractivity contribution in [3.05, 3.63) is 36.0 Å². The zero-order valence-electron chi connectivity index (χ0n) is 10.6. The summed E-state index contributed by atoms with van der Waals surface area (Å²) >= 11 is 0. The van der Waals surface area contributed by atoms with Crippen LogP contribution in [0.3, 0.4) is 0 Å². The Bertz CT molecular complexity index is 677. The van der Waals surface area contributed by atoms with Crippen LogP contribution < -0.4 is 4.74 Å². The van der Waals surface area contributed by atoms with Crippen LogP contribution in [0.4, 0.5) is 0 Å². The molecule has 6 nitrogen and oxygen atoms in total. The van der Waals surface area contributed by atoms with Crippen LogP contribution >= 0.6 is 0 Å². The predicted octanol–water partition coefficient (Wildman–Crippen LogP) is 1.83. The third-order valence-electron chi connectivity index (χ3n) is 2.50. The first-order valence-corrected chi connectivity index (χ1v) is 7.14. The zero-order chi connectivity index (χ0) is 14.0. The molecule has 1 aromatic carbocycles. The largest absolute Gasteiger partial charge is 0.477 e. The highest BCUT2D eigenvalue weighted by atomic mass is 32.2. The van der Waals surface area contributed by atoms with Crippen molar-refractivity contribution >= 4 is 10.1 Å². The van der Waals surface area contributed by atoms with E-state index in [1.807, 2.05) is 6.07 Å². The summed E-state index contributed by atoms with van der Waals surface area (Å²) in [5.41, 5.74) is 0.846. The molecule has 0 amide bonds. The quantitative estimate of drug-likeness (QED) is 0.865. The van der Waals surface area contributed by atoms with E-state index in [1.165, 1.54) is 11.6 Å². The van der Waals surface area contributed by atoms with Gasteiger partial charge >= 0.3 is 10.1 Å². The van der Waals surface area contributed by atoms with E-state index in [1.54, 1.807) is 31.2 Å². The number of para-hydroxylation sites is 1. The Morgan fingerprint density at radius 3 is 2.47 bits per heavy atom. The fourth-order valence-electron chi connectivity index (χ4n) is 1.80. The summed E-state index contributed by atoms with van der Waals surface area (Å²) in [4.78, 5) is -0.293. The monoisotopic (exact) mass is 282 g/mol. The average molecular weight is 282 g/mol. The average Bonchev–Trinajstić information content (AvgIpc) is 2.67. The molecule has 0 aliphatic rings. The number of aromatic nitrogens is 2. The van der Waals surface area contributed by atoms with Crippen molar-refractivity contribution in [2.24, 2.45) is 0 Å². The number of aryl methyl sites for hydroxylation is 1. The smallest absolute Gasteiger partial charge is 0.301 e. The predicted molar refractivity (Wildman–Crippen MR) is 69.3 cm³/mol. The highest BCUT2D eigenvalue weighted by Gasteiger charge is 2.27. The molecule has 0 unspecified atom stereocenters. The minimum Gasteiger partial charge on any atom is -0.477 e. The summed E-state index contributed by atoms with van der Waals surface area (Å²) in [7, 11) is -4.38. The van der Waals surface area contributed by atoms with Gasteiger partial charge in [0.05, 0.1) is 18.0 Å². The standard InChI is InChI=1S/C12H14N2O4S/c1-3-18-12-11(19(15,16)17)9(2)13-14(12)10-7-5-4-6-8-10/h4-8H,3H2,1-2H3,(H,15,16,17). The van der Waals surface area contributed by atoms with Crippen LogP contribution in [0, 0.1) is 6.92 Å². The Balaban J connectivity index is 2.70. The summed E-state index contributed by atoms with van der Waals surface area (Å²) in [6.07, 6.45) is 0. The second-order valence-electron chi connectivity index (χ2n) is 3.88. The molecular weight excluding hydrogens is 268 g/mol. The molecule has 0 atom stereocenters. The summed E-state index contributed by atoms with van der Waals surface area (Å²) in [5.74, 6) is 0.0219. The van der Waals surface area contributed by atoms with Crippen LogP contribution in [0.25, 0.3) is 5.69 Å². The highest BCUT2D eigenvalue weighted by molar-refractivity contribution is 7.86. The molecule has 0 bridgehead atoms. The Kier molecular flexibility index (Phi) is 3.59. The highest BCUT2D eigenvalue weighted by Crippen LogP contribution is 2.29. The molecule has 102 valence electrons. The van der Waals surface area contributed by atoms with Gasteiger partial charge in [-0.1, -0.05) is 18.2 Å². The van der Waals surface area contributed by atoms with Gasteiger partial charge in [-0.3, -0.25) is 4.55 Å². The second-order valence-corrected chi connectivity index (χ2v) is 5.23. The van der Waals surface area contributed by atoms with Gasteiger partial charge in [0.15, 0.2) is 4.90 Å². The molecule has 19 heavy (non-hydrogen) atoms. The van der Waals surface area contributed by atoms with E-state index in [-0.39, 0.29) is 23.1 Å². The minimum atomic E-state index is -4.38. The third kappa shape index (κ3) is 2.61. The van der Waals surface area contributed by atoms with Crippen LogP contribution in [-0.4, -0.2) is 29.4 Å². The number of hydrogen-bond donors (Lipinski definition) is 1. The fourth-order valence-corrected chi connectivity index (χ4v) is 2.58. The first-order chi connectivity index (χ1) is 8.95. The molecule has 0 aliphatic heterocycles. The van der Waals surface area contributed by atoms with Gasteiger partial charge in [-0.25, -0.2) is 0 Å². The number of hydrogen-bond acceptors (Lipinski definition) is 4. The van der Waals surface area contributed by atoms with Gasteiger partial charge in [0.1, 0.15) is 0 Å². The van der Waals surface area contributed by atoms with Crippen molar-refractivity contribution in [1.29, 1.82) is 0 Å². The van der Waals surface area contributed by atoms with Crippen LogP contribution in [0.1, 0.15) is 12.6 Å². The Morgan fingerprint density at radius 2 is 1.95 bits per heavy atom. The molecule has 7 heteroatoms. The summed E-state index contributed by atoms with van der Waals surface area (Å²) in [6, 6.07) is 8.97. The van der Waals surface area contributed by atoms with Crippen molar-refractivity contribution in [2.75, 3.05) is 6.61 Å². The molecule has 1 aromatic heterocycles. The molecule has 0 aliphatic carbocycles. The molecule has 2 rings (SSSR count). The summed E-state index contributed by atoms with van der Waals surface area (Å²) in [6.45, 7) is 3.50. The van der Waals surface area contributed by atoms with E-state index in [4.69, 9.17) is 4.74 Å². The van der Waals surface area contributed by atoms with E-state index in [2.05, 4.69) is 5.10 Å². The van der Waals surface area contributed by atoms with E-state index < -0.39 is 10.1 Å². The SMILES string of the molecule is CCOc1c(S(=O)(=O)O)c(C)nn1-c1ccccc1. The van der Waals surface area contributed by atoms with E-state index in [9.17, 15) is 13.0 Å². The summed E-state index contributed by atoms with van der Waals surface area (Å²) < 4.78 is 38.8. The molecule has 0 saturated heterocycles. The maximum atomic E-state index is 11.4. The molecule has 0 radical (unpaired) electrons. The number of rotatable bonds is 4. The second kappa shape index (κ2) is 5.02. The zero-order valence-corrected chi connectivity index (χ0v) is 11.4. The molecule has 0 spiro atoms. The van der Waals surface area contributed by atoms with Gasteiger partial charge in [0.25, 0.3) is 0 Å². The van der Waals surface area contributed by atoms with Gasteiger partial charge in [0, 0.05) is 0 Å². The van der Waals surface area contributed by atoms with Crippen LogP contribution in [0.5, 0.6) is 5.88 Å².